The lowest BCUT2D eigenvalue weighted by atomic mass is 10.2. The number of esters is 1. The number of hydrogen-bond acceptors (Lipinski definition) is 9. The number of nitrogens with zero attached hydrogens (tertiary/aromatic N) is 4. The van der Waals surface area contributed by atoms with Gasteiger partial charge in [-0.25, -0.2) is 22.9 Å². The molecule has 0 amide bonds. The molecule has 0 saturated heterocycles. The summed E-state index contributed by atoms with van der Waals surface area (Å²) in [7, 11) is -3.83. The number of alkyl halides is 3. The number of hydrogen-bond donors (Lipinski definition) is 3. The van der Waals surface area contributed by atoms with E-state index in [1.165, 1.54) is 4.57 Å². The molecule has 0 aliphatic heterocycles. The largest absolute Gasteiger partial charge is 0.490 e. The van der Waals surface area contributed by atoms with Crippen LogP contribution in [0.3, 0.4) is 0 Å². The Bertz CT molecular complexity index is 1060. The van der Waals surface area contributed by atoms with Gasteiger partial charge in [0.05, 0.1) is 24.7 Å². The smallest absolute Gasteiger partial charge is 0.451 e. The first kappa shape index (κ1) is 21.5. The third kappa shape index (κ3) is 4.36. The van der Waals surface area contributed by atoms with Gasteiger partial charge in [0.15, 0.2) is 17.6 Å². The number of rotatable bonds is 4. The lowest BCUT2D eigenvalue weighted by Crippen LogP contribution is -2.45. The fraction of sp³-hybridized carbons (Fsp3) is 0.538. The summed E-state index contributed by atoms with van der Waals surface area (Å²) in [4.78, 5) is 22.9. The van der Waals surface area contributed by atoms with Crippen LogP contribution in [0.4, 0.5) is 19.0 Å². The van der Waals surface area contributed by atoms with Crippen molar-refractivity contribution in [1.82, 2.24) is 24.2 Å². The molecule has 0 spiro atoms. The van der Waals surface area contributed by atoms with Crippen molar-refractivity contribution in [3.8, 4) is 0 Å². The SMILES string of the molecule is CS(=O)(=O)N[C@H]1C[C@@H](n2cnc3c(N)nc(Cl)nc32)[C@H](OC(=O)C(F)(F)F)[C@@H]1O. The molecule has 2 aromatic heterocycles. The quantitative estimate of drug-likeness (QED) is 0.414. The van der Waals surface area contributed by atoms with Crippen molar-refractivity contribution in [2.45, 2.75) is 36.9 Å². The Morgan fingerprint density at radius 3 is 2.69 bits per heavy atom. The van der Waals surface area contributed by atoms with Gasteiger partial charge in [-0.2, -0.15) is 23.1 Å². The number of aromatic nitrogens is 4. The summed E-state index contributed by atoms with van der Waals surface area (Å²) >= 11 is 5.77. The molecule has 0 unspecified atom stereocenters. The third-order valence-electron chi connectivity index (χ3n) is 4.24. The zero-order chi connectivity index (χ0) is 21.7. The molecule has 1 fully saturated rings. The number of nitrogens with one attached hydrogen (secondary N) is 1. The number of ether oxygens (including phenoxy) is 1. The monoisotopic (exact) mass is 458 g/mol. The van der Waals surface area contributed by atoms with E-state index in [9.17, 15) is 31.5 Å². The minimum absolute atomic E-state index is 0.00719. The van der Waals surface area contributed by atoms with E-state index in [2.05, 4.69) is 24.4 Å². The number of fused-ring (bicyclic) bond motifs is 1. The Kier molecular flexibility index (Phi) is 5.35. The van der Waals surface area contributed by atoms with Crippen LogP contribution in [-0.2, 0) is 19.6 Å². The highest BCUT2D eigenvalue weighted by Crippen LogP contribution is 2.37. The standard InChI is InChI=1S/C13H14ClF3N6O5S/c1-29(26,27)22-4-2-5(8(7(4)24)28-11(25)13(15,16)17)23-3-19-6-9(18)20-12(14)21-10(6)23/h3-5,7-8,22,24H,2H2,1H3,(H2,18,20,21)/t4-,5+,7+,8-/m0/s1. The van der Waals surface area contributed by atoms with Gasteiger partial charge in [-0.15, -0.1) is 0 Å². The molecular formula is C13H14ClF3N6O5S. The average Bonchev–Trinajstić information content (AvgIpc) is 3.09. The van der Waals surface area contributed by atoms with Crippen LogP contribution in [0.5, 0.6) is 0 Å². The summed E-state index contributed by atoms with van der Waals surface area (Å²) in [6, 6.07) is -2.40. The van der Waals surface area contributed by atoms with Crippen LogP contribution in [0.25, 0.3) is 11.2 Å². The summed E-state index contributed by atoms with van der Waals surface area (Å²) in [5.74, 6) is -2.64. The Labute approximate surface area is 166 Å². The fourth-order valence-electron chi connectivity index (χ4n) is 3.15. The van der Waals surface area contributed by atoms with E-state index < -0.39 is 46.5 Å². The molecule has 0 bridgehead atoms. The van der Waals surface area contributed by atoms with Gasteiger partial charge in [0.25, 0.3) is 0 Å². The lowest BCUT2D eigenvalue weighted by Gasteiger charge is -2.24. The minimum Gasteiger partial charge on any atom is -0.451 e. The molecule has 160 valence electrons. The summed E-state index contributed by atoms with van der Waals surface area (Å²) in [5.41, 5.74) is 5.77. The molecule has 4 N–H and O–H groups in total. The third-order valence-corrected chi connectivity index (χ3v) is 5.14. The first-order valence-electron chi connectivity index (χ1n) is 7.86. The van der Waals surface area contributed by atoms with Gasteiger partial charge in [0.2, 0.25) is 15.3 Å². The van der Waals surface area contributed by atoms with Crippen molar-refractivity contribution in [3.05, 3.63) is 11.6 Å². The van der Waals surface area contributed by atoms with E-state index in [0.29, 0.717) is 0 Å². The van der Waals surface area contributed by atoms with E-state index >= 15 is 0 Å². The number of carbonyl (C=O) groups is 1. The second-order valence-electron chi connectivity index (χ2n) is 6.36. The summed E-state index contributed by atoms with van der Waals surface area (Å²) in [6.45, 7) is 0. The summed E-state index contributed by atoms with van der Waals surface area (Å²) < 4.78 is 68.9. The Hall–Kier alpha value is -2.23. The number of nitrogen functional groups attached to an aromatic ring is 1. The van der Waals surface area contributed by atoms with E-state index in [4.69, 9.17) is 17.3 Å². The Morgan fingerprint density at radius 2 is 2.10 bits per heavy atom. The number of halogens is 4. The normalized spacial score (nSPS) is 25.4. The molecule has 3 rings (SSSR count). The zero-order valence-electron chi connectivity index (χ0n) is 14.5. The second kappa shape index (κ2) is 7.23. The van der Waals surface area contributed by atoms with Crippen molar-refractivity contribution >= 4 is 44.6 Å². The van der Waals surface area contributed by atoms with Gasteiger partial charge < -0.3 is 20.1 Å². The molecule has 16 heteroatoms. The number of aliphatic hydroxyl groups is 1. The molecule has 1 saturated carbocycles. The molecule has 29 heavy (non-hydrogen) atoms. The topological polar surface area (TPSA) is 162 Å². The number of anilines is 1. The van der Waals surface area contributed by atoms with Crippen LogP contribution in [0, 0.1) is 0 Å². The number of sulfonamides is 1. The first-order valence-corrected chi connectivity index (χ1v) is 10.1. The Morgan fingerprint density at radius 1 is 1.45 bits per heavy atom. The van der Waals surface area contributed by atoms with Crippen LogP contribution in [0.2, 0.25) is 5.28 Å². The first-order chi connectivity index (χ1) is 13.3. The maximum Gasteiger partial charge on any atom is 0.490 e. The van der Waals surface area contributed by atoms with Crippen molar-refractivity contribution in [1.29, 1.82) is 0 Å². The van der Waals surface area contributed by atoms with Crippen LogP contribution < -0.4 is 10.5 Å². The van der Waals surface area contributed by atoms with E-state index in [0.717, 1.165) is 12.6 Å². The van der Waals surface area contributed by atoms with Gasteiger partial charge in [-0.3, -0.25) is 0 Å². The molecular weight excluding hydrogens is 445 g/mol. The Balaban J connectivity index is 2.05. The maximum atomic E-state index is 12.7. The molecule has 1 aliphatic carbocycles. The van der Waals surface area contributed by atoms with Crippen LogP contribution in [0.15, 0.2) is 6.33 Å². The van der Waals surface area contributed by atoms with Gasteiger partial charge in [0, 0.05) is 0 Å². The van der Waals surface area contributed by atoms with Crippen LogP contribution >= 0.6 is 11.6 Å². The number of imidazole rings is 1. The zero-order valence-corrected chi connectivity index (χ0v) is 16.0. The average molecular weight is 459 g/mol. The van der Waals surface area contributed by atoms with Gasteiger partial charge in [-0.1, -0.05) is 0 Å². The minimum atomic E-state index is -5.32. The highest BCUT2D eigenvalue weighted by molar-refractivity contribution is 7.88. The van der Waals surface area contributed by atoms with Crippen molar-refractivity contribution in [2.75, 3.05) is 12.0 Å². The van der Waals surface area contributed by atoms with E-state index in [-0.39, 0.29) is 28.7 Å². The predicted octanol–water partition coefficient (Wildman–Crippen LogP) is -0.241. The molecule has 1 aliphatic rings. The maximum absolute atomic E-state index is 12.7. The molecule has 2 heterocycles. The van der Waals surface area contributed by atoms with Crippen molar-refractivity contribution in [3.63, 3.8) is 0 Å². The molecule has 4 atom stereocenters. The van der Waals surface area contributed by atoms with Crippen LogP contribution in [0.1, 0.15) is 12.5 Å². The van der Waals surface area contributed by atoms with Crippen LogP contribution in [-0.4, -0.2) is 69.7 Å². The highest BCUT2D eigenvalue weighted by Gasteiger charge is 2.51. The lowest BCUT2D eigenvalue weighted by molar-refractivity contribution is -0.209. The molecule has 2 aromatic rings. The van der Waals surface area contributed by atoms with Crippen molar-refractivity contribution in [2.24, 2.45) is 0 Å². The van der Waals surface area contributed by atoms with E-state index in [1.54, 1.807) is 0 Å². The molecule has 0 radical (unpaired) electrons. The molecule has 0 aromatic carbocycles. The number of aliphatic hydroxyl groups excluding tert-OH is 1. The van der Waals surface area contributed by atoms with Gasteiger partial charge in [-0.05, 0) is 18.0 Å². The molecule has 11 nitrogen and oxygen atoms in total. The highest BCUT2D eigenvalue weighted by atomic mass is 35.5. The number of carbonyl (C=O) groups excluding carboxylic acids is 1. The van der Waals surface area contributed by atoms with Gasteiger partial charge in [0.1, 0.15) is 11.6 Å². The number of nitrogens with two attached hydrogens (primary N) is 1. The van der Waals surface area contributed by atoms with Crippen molar-refractivity contribution < 1.29 is 36.2 Å². The fourth-order valence-corrected chi connectivity index (χ4v) is 4.10. The van der Waals surface area contributed by atoms with Gasteiger partial charge >= 0.3 is 12.1 Å². The predicted molar refractivity (Wildman–Crippen MR) is 92.1 cm³/mol. The second-order valence-corrected chi connectivity index (χ2v) is 8.48. The van der Waals surface area contributed by atoms with E-state index in [1.807, 2.05) is 0 Å². The summed E-state index contributed by atoms with van der Waals surface area (Å²) in [6.07, 6.45) is -7.16. The summed E-state index contributed by atoms with van der Waals surface area (Å²) in [5, 5.41) is 10.1.